The van der Waals surface area contributed by atoms with Crippen molar-refractivity contribution in [1.29, 1.82) is 0 Å². The zero-order valence-corrected chi connectivity index (χ0v) is 21.4. The number of fused-ring (bicyclic) bond motifs is 1. The number of pyridine rings is 1. The molecule has 0 bridgehead atoms. The van der Waals surface area contributed by atoms with Crippen molar-refractivity contribution in [2.75, 3.05) is 11.9 Å². The Morgan fingerprint density at radius 1 is 1.17 bits per heavy atom. The molecule has 0 spiro atoms. The highest BCUT2D eigenvalue weighted by Gasteiger charge is 2.47. The Hall–Kier alpha value is -3.75. The molecule has 2 heterocycles. The predicted molar refractivity (Wildman–Crippen MR) is 137 cm³/mol. The Kier molecular flexibility index (Phi) is 6.60. The fraction of sp³-hybridized carbons (Fsp3) is 0.444. The molecule has 2 aromatic rings. The maximum Gasteiger partial charge on any atom is 0.404 e. The van der Waals surface area contributed by atoms with Gasteiger partial charge in [0.2, 0.25) is 0 Å². The molecule has 36 heavy (non-hydrogen) atoms. The number of ether oxygens (including phenoxy) is 2. The van der Waals surface area contributed by atoms with Crippen LogP contribution in [0.15, 0.2) is 23.5 Å². The molecule has 2 amide bonds. The Labute approximate surface area is 210 Å². The van der Waals surface area contributed by atoms with Crippen molar-refractivity contribution in [2.45, 2.75) is 65.2 Å². The van der Waals surface area contributed by atoms with Gasteiger partial charge in [-0.3, -0.25) is 9.59 Å². The summed E-state index contributed by atoms with van der Waals surface area (Å²) in [4.78, 5) is 41.3. The molecule has 192 valence electrons. The van der Waals surface area contributed by atoms with E-state index in [-0.39, 0.29) is 23.4 Å². The van der Waals surface area contributed by atoms with Crippen molar-refractivity contribution in [3.8, 4) is 11.5 Å². The van der Waals surface area contributed by atoms with Gasteiger partial charge in [0.15, 0.2) is 11.5 Å². The maximum atomic E-state index is 13.6. The number of nitrogens with zero attached hydrogens (tertiary/aromatic N) is 1. The monoisotopic (exact) mass is 495 g/mol. The van der Waals surface area contributed by atoms with E-state index in [2.05, 4.69) is 16.9 Å². The van der Waals surface area contributed by atoms with Crippen LogP contribution in [0.25, 0.3) is 6.08 Å². The summed E-state index contributed by atoms with van der Waals surface area (Å²) in [5.41, 5.74) is 3.04. The van der Waals surface area contributed by atoms with E-state index in [1.54, 1.807) is 33.0 Å². The number of carbonyl (C=O) groups is 2. The Balaban J connectivity index is 1.63. The fourth-order valence-electron chi connectivity index (χ4n) is 5.43. The largest absolute Gasteiger partial charge is 0.465 e. The van der Waals surface area contributed by atoms with Gasteiger partial charge in [0.25, 0.3) is 17.3 Å². The average molecular weight is 496 g/mol. The molecular weight excluding hydrogens is 462 g/mol. The van der Waals surface area contributed by atoms with Crippen LogP contribution in [0, 0.1) is 26.7 Å². The maximum absolute atomic E-state index is 13.6. The topological polar surface area (TPSA) is 121 Å². The van der Waals surface area contributed by atoms with Gasteiger partial charge in [0, 0.05) is 48.3 Å². The molecule has 1 unspecified atom stereocenters. The summed E-state index contributed by atoms with van der Waals surface area (Å²) >= 11 is 0. The molecule has 9 heteroatoms. The lowest BCUT2D eigenvalue weighted by molar-refractivity contribution is -0.121. The molecule has 1 atom stereocenters. The summed E-state index contributed by atoms with van der Waals surface area (Å²) in [6.07, 6.45) is 3.48. The number of amides is 2. The van der Waals surface area contributed by atoms with E-state index in [4.69, 9.17) is 14.6 Å². The standard InChI is InChI=1S/C27H33N3O6/c1-7-17-13-20(25(32)30(6)21-14(2)12-15(3)28-24(21)31)16(4)22-23(17)36-27(5,35-22)18-8-10-19(11-9-18)29-26(33)34/h7,12-13,18-19,29H,1,8-11H2,2-6H3,(H,28,31)(H,33,34). The highest BCUT2D eigenvalue weighted by Crippen LogP contribution is 2.50. The minimum Gasteiger partial charge on any atom is -0.465 e. The van der Waals surface area contributed by atoms with Crippen molar-refractivity contribution in [3.05, 3.63) is 57.0 Å². The lowest BCUT2D eigenvalue weighted by atomic mass is 9.81. The van der Waals surface area contributed by atoms with E-state index in [9.17, 15) is 14.4 Å². The molecule has 1 aromatic heterocycles. The molecule has 4 rings (SSSR count). The summed E-state index contributed by atoms with van der Waals surface area (Å²) in [5, 5.41) is 11.6. The number of nitrogens with one attached hydrogen (secondary N) is 2. The number of H-pyrrole nitrogens is 1. The van der Waals surface area contributed by atoms with Crippen molar-refractivity contribution in [1.82, 2.24) is 10.3 Å². The number of carbonyl (C=O) groups excluding carboxylic acids is 1. The highest BCUT2D eigenvalue weighted by molar-refractivity contribution is 6.08. The van der Waals surface area contributed by atoms with Crippen LogP contribution in [-0.2, 0) is 0 Å². The summed E-state index contributed by atoms with van der Waals surface area (Å²) in [5.74, 6) is -0.207. The van der Waals surface area contributed by atoms with Gasteiger partial charge in [-0.15, -0.1) is 0 Å². The first-order valence-electron chi connectivity index (χ1n) is 12.1. The molecule has 1 aromatic carbocycles. The van der Waals surface area contributed by atoms with Crippen LogP contribution in [0.2, 0.25) is 0 Å². The molecule has 1 fully saturated rings. The van der Waals surface area contributed by atoms with Gasteiger partial charge in [-0.1, -0.05) is 12.7 Å². The molecule has 1 aliphatic heterocycles. The zero-order chi connectivity index (χ0) is 26.4. The lowest BCUT2D eigenvalue weighted by Crippen LogP contribution is -2.47. The Morgan fingerprint density at radius 2 is 1.81 bits per heavy atom. The van der Waals surface area contributed by atoms with Crippen LogP contribution in [0.3, 0.4) is 0 Å². The normalized spacial score (nSPS) is 22.7. The number of aromatic amines is 1. The first kappa shape index (κ1) is 25.3. The highest BCUT2D eigenvalue weighted by atomic mass is 16.7. The van der Waals surface area contributed by atoms with Crippen molar-refractivity contribution < 1.29 is 24.2 Å². The summed E-state index contributed by atoms with van der Waals surface area (Å²) in [6.45, 7) is 11.2. The summed E-state index contributed by atoms with van der Waals surface area (Å²) in [6, 6.07) is 3.47. The number of rotatable bonds is 5. The third-order valence-electron chi connectivity index (χ3n) is 7.34. The molecule has 2 aliphatic rings. The van der Waals surface area contributed by atoms with E-state index >= 15 is 0 Å². The van der Waals surface area contributed by atoms with Crippen LogP contribution in [0.4, 0.5) is 10.5 Å². The van der Waals surface area contributed by atoms with Crippen LogP contribution in [0.5, 0.6) is 11.5 Å². The molecule has 3 N–H and O–H groups in total. The van der Waals surface area contributed by atoms with Crippen LogP contribution < -0.4 is 25.2 Å². The zero-order valence-electron chi connectivity index (χ0n) is 21.4. The van der Waals surface area contributed by atoms with Crippen molar-refractivity contribution in [3.63, 3.8) is 0 Å². The Bertz CT molecular complexity index is 1290. The molecular formula is C27H33N3O6. The number of aryl methyl sites for hydroxylation is 2. The van der Waals surface area contributed by atoms with Gasteiger partial charge in [-0.25, -0.2) is 4.79 Å². The van der Waals surface area contributed by atoms with Crippen LogP contribution in [0.1, 0.15) is 65.3 Å². The SMILES string of the molecule is C=Cc1cc(C(=O)N(C)c2c(C)cc(C)[nH]c2=O)c(C)c2c1OC(C)(C1CCC(NC(=O)O)CC1)O2. The van der Waals surface area contributed by atoms with Gasteiger partial charge < -0.3 is 29.8 Å². The van der Waals surface area contributed by atoms with Gasteiger partial charge in [-0.2, -0.15) is 0 Å². The number of carboxylic acid groups (broad SMARTS) is 1. The summed E-state index contributed by atoms with van der Waals surface area (Å²) < 4.78 is 12.8. The number of aromatic nitrogens is 1. The van der Waals surface area contributed by atoms with Gasteiger partial charge in [0.05, 0.1) is 0 Å². The number of anilines is 1. The van der Waals surface area contributed by atoms with Crippen molar-refractivity contribution >= 4 is 23.8 Å². The van der Waals surface area contributed by atoms with E-state index in [0.29, 0.717) is 52.3 Å². The van der Waals surface area contributed by atoms with Gasteiger partial charge >= 0.3 is 6.09 Å². The van der Waals surface area contributed by atoms with Crippen LogP contribution >= 0.6 is 0 Å². The van der Waals surface area contributed by atoms with Crippen LogP contribution in [-0.4, -0.2) is 41.0 Å². The second kappa shape index (κ2) is 9.37. The minimum atomic E-state index is -1.01. The average Bonchev–Trinajstić information content (AvgIpc) is 3.17. The first-order chi connectivity index (χ1) is 16.9. The van der Waals surface area contributed by atoms with Gasteiger partial charge in [-0.05, 0) is 64.2 Å². The second-order valence-electron chi connectivity index (χ2n) is 9.90. The van der Waals surface area contributed by atoms with E-state index < -0.39 is 11.9 Å². The fourth-order valence-corrected chi connectivity index (χ4v) is 5.43. The molecule has 1 aliphatic carbocycles. The van der Waals surface area contributed by atoms with E-state index in [1.807, 2.05) is 19.9 Å². The number of hydrogen-bond acceptors (Lipinski definition) is 5. The van der Waals surface area contributed by atoms with Gasteiger partial charge in [0.1, 0.15) is 5.69 Å². The smallest absolute Gasteiger partial charge is 0.404 e. The van der Waals surface area contributed by atoms with E-state index in [1.165, 1.54) is 4.90 Å². The number of hydrogen-bond donors (Lipinski definition) is 3. The molecule has 0 radical (unpaired) electrons. The molecule has 9 nitrogen and oxygen atoms in total. The third-order valence-corrected chi connectivity index (χ3v) is 7.34. The predicted octanol–water partition coefficient (Wildman–Crippen LogP) is 4.53. The third kappa shape index (κ3) is 4.45. The lowest BCUT2D eigenvalue weighted by Gasteiger charge is -2.37. The summed E-state index contributed by atoms with van der Waals surface area (Å²) in [7, 11) is 1.58. The van der Waals surface area contributed by atoms with Crippen molar-refractivity contribution in [2.24, 2.45) is 5.92 Å². The number of benzene rings is 1. The molecule has 1 saturated carbocycles. The quantitative estimate of drug-likeness (QED) is 0.560. The minimum absolute atomic E-state index is 0.0457. The molecule has 0 saturated heterocycles. The second-order valence-corrected chi connectivity index (χ2v) is 9.90. The van der Waals surface area contributed by atoms with E-state index in [0.717, 1.165) is 18.5 Å². The first-order valence-corrected chi connectivity index (χ1v) is 12.1. The Morgan fingerprint density at radius 3 is 2.39 bits per heavy atom.